The molecule has 3 unspecified atom stereocenters. The van der Waals surface area contributed by atoms with Crippen LogP contribution in [0.5, 0.6) is 5.75 Å². The number of Topliss-reactive ketones (excluding diaryl/α,β-unsaturated/α-hetero) is 1. The molecule has 168 valence electrons. The molecule has 0 bridgehead atoms. The van der Waals surface area contributed by atoms with Gasteiger partial charge in [-0.15, -0.1) is 0 Å². The van der Waals surface area contributed by atoms with Crippen molar-refractivity contribution in [3.8, 4) is 5.75 Å². The minimum atomic E-state index is -1.27. The number of hydrogen-bond donors (Lipinski definition) is 1. The molecule has 0 spiro atoms. The molecule has 2 aliphatic carbocycles. The Kier molecular flexibility index (Phi) is 5.37. The van der Waals surface area contributed by atoms with Crippen molar-refractivity contribution in [1.29, 1.82) is 0 Å². The van der Waals surface area contributed by atoms with E-state index in [0.717, 1.165) is 5.57 Å². The zero-order valence-corrected chi connectivity index (χ0v) is 18.4. The molecule has 0 fully saturated rings. The summed E-state index contributed by atoms with van der Waals surface area (Å²) in [6, 6.07) is 22.6. The number of halogens is 1. The van der Waals surface area contributed by atoms with E-state index in [2.05, 4.69) is 6.58 Å². The van der Waals surface area contributed by atoms with E-state index in [-0.39, 0.29) is 11.6 Å². The Labute approximate surface area is 197 Å². The minimum absolute atomic E-state index is 0.113. The molecule has 1 N–H and O–H groups in total. The van der Waals surface area contributed by atoms with Crippen molar-refractivity contribution < 1.29 is 19.1 Å². The summed E-state index contributed by atoms with van der Waals surface area (Å²) in [7, 11) is 0. The van der Waals surface area contributed by atoms with Crippen molar-refractivity contribution in [2.45, 2.75) is 17.8 Å². The van der Waals surface area contributed by atoms with E-state index >= 15 is 0 Å². The summed E-state index contributed by atoms with van der Waals surface area (Å²) in [5.74, 6) is -2.88. The molecule has 3 aromatic carbocycles. The van der Waals surface area contributed by atoms with Crippen molar-refractivity contribution >= 4 is 17.1 Å². The first-order valence-corrected chi connectivity index (χ1v) is 11.2. The molecular formula is C30H23FO3. The van der Waals surface area contributed by atoms with Crippen molar-refractivity contribution in [3.05, 3.63) is 132 Å². The van der Waals surface area contributed by atoms with Crippen LogP contribution in [0.3, 0.4) is 0 Å². The maximum atomic E-state index is 14.5. The van der Waals surface area contributed by atoms with Crippen LogP contribution in [0.25, 0.3) is 5.57 Å². The van der Waals surface area contributed by atoms with Gasteiger partial charge in [0, 0.05) is 17.4 Å². The lowest BCUT2D eigenvalue weighted by molar-refractivity contribution is -0.131. The predicted octanol–water partition coefficient (Wildman–Crippen LogP) is 5.92. The quantitative estimate of drug-likeness (QED) is 0.537. The van der Waals surface area contributed by atoms with Gasteiger partial charge in [-0.1, -0.05) is 85.5 Å². The van der Waals surface area contributed by atoms with Crippen LogP contribution in [-0.4, -0.2) is 16.7 Å². The zero-order chi connectivity index (χ0) is 23.9. The molecule has 5 rings (SSSR count). The van der Waals surface area contributed by atoms with E-state index in [0.29, 0.717) is 28.7 Å². The molecule has 0 saturated carbocycles. The second-order valence-corrected chi connectivity index (χ2v) is 8.73. The van der Waals surface area contributed by atoms with E-state index in [4.69, 9.17) is 0 Å². The summed E-state index contributed by atoms with van der Waals surface area (Å²) in [5, 5.41) is 9.79. The maximum absolute atomic E-state index is 14.5. The van der Waals surface area contributed by atoms with Gasteiger partial charge in [0.2, 0.25) is 0 Å². The molecule has 2 aliphatic rings. The Balaban J connectivity index is 1.82. The number of benzene rings is 3. The Hall–Kier alpha value is -4.05. The first-order chi connectivity index (χ1) is 16.5. The fourth-order valence-electron chi connectivity index (χ4n) is 5.59. The Morgan fingerprint density at radius 2 is 1.65 bits per heavy atom. The van der Waals surface area contributed by atoms with E-state index in [1.807, 2.05) is 66.7 Å². The molecule has 4 heteroatoms. The molecular weight excluding hydrogens is 427 g/mol. The first kappa shape index (κ1) is 21.8. The number of aromatic hydroxyl groups is 1. The summed E-state index contributed by atoms with van der Waals surface area (Å²) in [5.41, 5.74) is 1.79. The lowest BCUT2D eigenvalue weighted by Crippen LogP contribution is -2.54. The van der Waals surface area contributed by atoms with E-state index in [9.17, 15) is 19.1 Å². The van der Waals surface area contributed by atoms with Crippen LogP contribution in [0.4, 0.5) is 4.39 Å². The average molecular weight is 451 g/mol. The highest BCUT2D eigenvalue weighted by Gasteiger charge is 2.59. The van der Waals surface area contributed by atoms with E-state index < -0.39 is 28.8 Å². The highest BCUT2D eigenvalue weighted by atomic mass is 19.1. The molecule has 0 amide bonds. The second kappa shape index (κ2) is 8.38. The minimum Gasteiger partial charge on any atom is -0.505 e. The molecule has 0 aromatic heterocycles. The van der Waals surface area contributed by atoms with Gasteiger partial charge in [-0.25, -0.2) is 4.39 Å². The van der Waals surface area contributed by atoms with Gasteiger partial charge in [0.15, 0.2) is 23.1 Å². The molecule has 34 heavy (non-hydrogen) atoms. The molecule has 0 radical (unpaired) electrons. The highest BCUT2D eigenvalue weighted by Crippen LogP contribution is 2.57. The average Bonchev–Trinajstić information content (AvgIpc) is 2.88. The lowest BCUT2D eigenvalue weighted by Gasteiger charge is -2.49. The molecule has 0 heterocycles. The zero-order valence-electron chi connectivity index (χ0n) is 18.4. The first-order valence-electron chi connectivity index (χ1n) is 11.2. The van der Waals surface area contributed by atoms with Gasteiger partial charge in [-0.3, -0.25) is 9.59 Å². The SMILES string of the molecule is C=CC1=CCC2C(=O)C(c3ccccc3)=CC(=O)C2(c2ccccc2)C1c1ccc(O)c(F)c1. The van der Waals surface area contributed by atoms with Crippen molar-refractivity contribution in [2.24, 2.45) is 5.92 Å². The van der Waals surface area contributed by atoms with Gasteiger partial charge in [0.25, 0.3) is 0 Å². The third-order valence-electron chi connectivity index (χ3n) is 7.07. The third-order valence-corrected chi connectivity index (χ3v) is 7.07. The predicted molar refractivity (Wildman–Crippen MR) is 130 cm³/mol. The van der Waals surface area contributed by atoms with Crippen molar-refractivity contribution in [2.75, 3.05) is 0 Å². The normalized spacial score (nSPS) is 24.1. The Morgan fingerprint density at radius 1 is 0.971 bits per heavy atom. The van der Waals surface area contributed by atoms with Gasteiger partial charge in [0.1, 0.15) is 0 Å². The fourth-order valence-corrected chi connectivity index (χ4v) is 5.59. The van der Waals surface area contributed by atoms with Gasteiger partial charge < -0.3 is 5.11 Å². The van der Waals surface area contributed by atoms with Gasteiger partial charge in [-0.05, 0) is 46.9 Å². The molecule has 0 aliphatic heterocycles. The molecule has 3 atom stereocenters. The number of carbonyl (C=O) groups excluding carboxylic acids is 2. The largest absolute Gasteiger partial charge is 0.505 e. The number of carbonyl (C=O) groups is 2. The van der Waals surface area contributed by atoms with E-state index in [1.165, 1.54) is 18.2 Å². The summed E-state index contributed by atoms with van der Waals surface area (Å²) in [4.78, 5) is 28.2. The smallest absolute Gasteiger partial charge is 0.168 e. The number of phenolic OH excluding ortho intramolecular Hbond substituents is 1. The Morgan fingerprint density at radius 3 is 2.29 bits per heavy atom. The van der Waals surface area contributed by atoms with Gasteiger partial charge in [-0.2, -0.15) is 0 Å². The summed E-state index contributed by atoms with van der Waals surface area (Å²) in [6.07, 6.45) is 5.41. The van der Waals surface area contributed by atoms with Crippen LogP contribution in [-0.2, 0) is 15.0 Å². The fraction of sp³-hybridized carbons (Fsp3) is 0.133. The van der Waals surface area contributed by atoms with Crippen LogP contribution in [0.2, 0.25) is 0 Å². The van der Waals surface area contributed by atoms with Gasteiger partial charge >= 0.3 is 0 Å². The van der Waals surface area contributed by atoms with Gasteiger partial charge in [0.05, 0.1) is 5.41 Å². The van der Waals surface area contributed by atoms with Crippen molar-refractivity contribution in [3.63, 3.8) is 0 Å². The van der Waals surface area contributed by atoms with E-state index in [1.54, 1.807) is 12.1 Å². The number of ketones is 2. The Bertz CT molecular complexity index is 1350. The third kappa shape index (κ3) is 3.18. The molecule has 0 saturated heterocycles. The number of phenols is 1. The van der Waals surface area contributed by atoms with Crippen molar-refractivity contribution in [1.82, 2.24) is 0 Å². The van der Waals surface area contributed by atoms with Crippen LogP contribution in [0.15, 0.2) is 109 Å². The van der Waals surface area contributed by atoms with Crippen LogP contribution < -0.4 is 0 Å². The summed E-state index contributed by atoms with van der Waals surface area (Å²) >= 11 is 0. The van der Waals surface area contributed by atoms with Crippen LogP contribution >= 0.6 is 0 Å². The molecule has 3 nitrogen and oxygen atoms in total. The number of hydrogen-bond acceptors (Lipinski definition) is 3. The number of allylic oxidation sites excluding steroid dienone is 5. The second-order valence-electron chi connectivity index (χ2n) is 8.73. The maximum Gasteiger partial charge on any atom is 0.168 e. The summed E-state index contributed by atoms with van der Waals surface area (Å²) in [6.45, 7) is 3.95. The standard InChI is InChI=1S/C30H23FO3/c1-2-19-13-15-24-29(34)23(20-9-5-3-6-10-20)18-27(33)30(24,22-11-7-4-8-12-22)28(19)21-14-16-26(32)25(31)17-21/h2-14,16-18,24,28,32H,1,15H2. The summed E-state index contributed by atoms with van der Waals surface area (Å²) < 4.78 is 14.5. The van der Waals surface area contributed by atoms with Crippen LogP contribution in [0.1, 0.15) is 29.0 Å². The lowest BCUT2D eigenvalue weighted by atomic mass is 9.50. The van der Waals surface area contributed by atoms with Crippen LogP contribution in [0, 0.1) is 11.7 Å². The monoisotopic (exact) mass is 450 g/mol. The number of fused-ring (bicyclic) bond motifs is 1. The highest BCUT2D eigenvalue weighted by molar-refractivity contribution is 6.31. The number of rotatable bonds is 4. The topological polar surface area (TPSA) is 54.4 Å². The molecule has 3 aromatic rings.